The molecule has 0 aliphatic carbocycles. The Kier molecular flexibility index (Phi) is 5.10. The molecule has 2 fully saturated rings. The van der Waals surface area contributed by atoms with E-state index in [1.54, 1.807) is 4.90 Å². The molecule has 1 aromatic heterocycles. The van der Waals surface area contributed by atoms with E-state index >= 15 is 0 Å². The first-order valence-electron chi connectivity index (χ1n) is 10.8. The minimum Gasteiger partial charge on any atom is -0.460 e. The number of urea groups is 1. The molecule has 0 bridgehead atoms. The van der Waals surface area contributed by atoms with Crippen molar-refractivity contribution in [2.75, 3.05) is 13.1 Å². The third-order valence-electron chi connectivity index (χ3n) is 6.55. The van der Waals surface area contributed by atoms with E-state index in [9.17, 15) is 9.59 Å². The number of para-hydroxylation sites is 2. The lowest BCUT2D eigenvalue weighted by Crippen LogP contribution is -2.48. The van der Waals surface area contributed by atoms with Gasteiger partial charge in [0.25, 0.3) is 0 Å². The van der Waals surface area contributed by atoms with Gasteiger partial charge < -0.3 is 19.5 Å². The third-order valence-corrected chi connectivity index (χ3v) is 6.55. The lowest BCUT2D eigenvalue weighted by atomic mass is 9.76. The Morgan fingerprint density at radius 3 is 2.65 bits per heavy atom. The third kappa shape index (κ3) is 3.87. The van der Waals surface area contributed by atoms with E-state index in [4.69, 9.17) is 4.74 Å². The van der Waals surface area contributed by atoms with Crippen molar-refractivity contribution in [3.05, 3.63) is 66.5 Å². The van der Waals surface area contributed by atoms with Crippen LogP contribution in [0.4, 0.5) is 4.79 Å². The number of aromatic nitrogens is 2. The van der Waals surface area contributed by atoms with Gasteiger partial charge in [0.15, 0.2) is 0 Å². The topological polar surface area (TPSA) is 76.5 Å². The fourth-order valence-corrected chi connectivity index (χ4v) is 4.75. The van der Waals surface area contributed by atoms with Crippen LogP contribution in [0.25, 0.3) is 11.0 Å². The number of nitrogens with one attached hydrogen (secondary N) is 1. The highest BCUT2D eigenvalue weighted by Gasteiger charge is 2.50. The van der Waals surface area contributed by atoms with Crippen molar-refractivity contribution in [3.8, 4) is 0 Å². The van der Waals surface area contributed by atoms with Gasteiger partial charge in [-0.05, 0) is 30.5 Å². The normalized spacial score (nSPS) is 20.2. The number of ether oxygens (including phenoxy) is 1. The minimum atomic E-state index is -0.475. The molecular weight excluding hydrogens is 392 g/mol. The molecule has 3 aromatic rings. The second kappa shape index (κ2) is 8.06. The number of hydrogen-bond donors (Lipinski definition) is 1. The van der Waals surface area contributed by atoms with Crippen LogP contribution >= 0.6 is 0 Å². The molecule has 1 N–H and O–H groups in total. The lowest BCUT2D eigenvalue weighted by Gasteiger charge is -2.36. The fourth-order valence-electron chi connectivity index (χ4n) is 4.75. The highest BCUT2D eigenvalue weighted by atomic mass is 16.6. The van der Waals surface area contributed by atoms with Crippen LogP contribution in [-0.4, -0.2) is 45.6 Å². The maximum absolute atomic E-state index is 12.8. The number of nitrogens with zero attached hydrogens (tertiary/aromatic N) is 3. The van der Waals surface area contributed by atoms with Gasteiger partial charge in [-0.3, -0.25) is 4.79 Å². The van der Waals surface area contributed by atoms with Crippen molar-refractivity contribution in [2.24, 2.45) is 5.41 Å². The second-order valence-electron chi connectivity index (χ2n) is 8.53. The van der Waals surface area contributed by atoms with Crippen LogP contribution in [0.5, 0.6) is 0 Å². The molecule has 5 rings (SSSR count). The van der Waals surface area contributed by atoms with Crippen molar-refractivity contribution >= 4 is 23.0 Å². The Hall–Kier alpha value is -3.35. The van der Waals surface area contributed by atoms with Crippen molar-refractivity contribution in [1.82, 2.24) is 19.8 Å². The zero-order valence-corrected chi connectivity index (χ0v) is 17.4. The number of fused-ring (bicyclic) bond motifs is 1. The Bertz CT molecular complexity index is 1090. The molecule has 7 heteroatoms. The van der Waals surface area contributed by atoms with E-state index in [2.05, 4.69) is 14.9 Å². The average molecular weight is 418 g/mol. The molecule has 2 aliphatic rings. The van der Waals surface area contributed by atoms with E-state index in [0.29, 0.717) is 45.4 Å². The Labute approximate surface area is 181 Å². The maximum Gasteiger partial charge on any atom is 0.317 e. The SMILES string of the molecule is O=C(NCc1ccccc1)N1CCC2(CC1)CC(Cn1cnc3ccccc31)OC2=O. The number of likely N-dealkylation sites (tertiary alicyclic amines) is 1. The summed E-state index contributed by atoms with van der Waals surface area (Å²) in [6.07, 6.45) is 3.63. The van der Waals surface area contributed by atoms with Crippen molar-refractivity contribution in [3.63, 3.8) is 0 Å². The molecular formula is C24H26N4O3. The van der Waals surface area contributed by atoms with Crippen LogP contribution in [0.1, 0.15) is 24.8 Å². The predicted molar refractivity (Wildman–Crippen MR) is 116 cm³/mol. The molecule has 2 aromatic carbocycles. The summed E-state index contributed by atoms with van der Waals surface area (Å²) >= 11 is 0. The number of carbonyl (C=O) groups is 2. The number of amides is 2. The molecule has 0 saturated carbocycles. The van der Waals surface area contributed by atoms with Gasteiger partial charge >= 0.3 is 12.0 Å². The molecule has 2 amide bonds. The van der Waals surface area contributed by atoms with Gasteiger partial charge in [-0.2, -0.15) is 0 Å². The summed E-state index contributed by atoms with van der Waals surface area (Å²) in [6.45, 7) is 2.24. The summed E-state index contributed by atoms with van der Waals surface area (Å²) in [4.78, 5) is 31.5. The van der Waals surface area contributed by atoms with E-state index in [0.717, 1.165) is 16.6 Å². The van der Waals surface area contributed by atoms with Crippen molar-refractivity contribution in [2.45, 2.75) is 38.5 Å². The quantitative estimate of drug-likeness (QED) is 0.660. The Balaban J connectivity index is 1.17. The van der Waals surface area contributed by atoms with E-state index in [1.807, 2.05) is 60.9 Å². The van der Waals surface area contributed by atoms with Crippen LogP contribution in [0, 0.1) is 5.41 Å². The molecule has 31 heavy (non-hydrogen) atoms. The summed E-state index contributed by atoms with van der Waals surface area (Å²) in [6, 6.07) is 17.7. The summed E-state index contributed by atoms with van der Waals surface area (Å²) in [5.74, 6) is -0.119. The Morgan fingerprint density at radius 2 is 1.84 bits per heavy atom. The number of rotatable bonds is 4. The van der Waals surface area contributed by atoms with Gasteiger partial charge in [0, 0.05) is 26.1 Å². The minimum absolute atomic E-state index is 0.0773. The van der Waals surface area contributed by atoms with Gasteiger partial charge in [0.1, 0.15) is 6.10 Å². The molecule has 2 saturated heterocycles. The molecule has 2 aliphatic heterocycles. The number of carbonyl (C=O) groups excluding carboxylic acids is 2. The first-order chi connectivity index (χ1) is 15.1. The molecule has 1 spiro atoms. The standard InChI is InChI=1S/C24H26N4O3/c29-22-24(14-19(31-22)16-28-17-26-20-8-4-5-9-21(20)28)10-12-27(13-11-24)23(30)25-15-18-6-2-1-3-7-18/h1-9,17,19H,10-16H2,(H,25,30). The van der Waals surface area contributed by atoms with E-state index in [-0.39, 0.29) is 18.1 Å². The number of piperidine rings is 1. The second-order valence-corrected chi connectivity index (χ2v) is 8.53. The summed E-state index contributed by atoms with van der Waals surface area (Å²) in [7, 11) is 0. The van der Waals surface area contributed by atoms with Gasteiger partial charge in [-0.25, -0.2) is 9.78 Å². The molecule has 160 valence electrons. The van der Waals surface area contributed by atoms with Gasteiger partial charge in [0.05, 0.1) is 29.3 Å². The zero-order valence-electron chi connectivity index (χ0n) is 17.4. The van der Waals surface area contributed by atoms with Crippen LogP contribution in [-0.2, 0) is 22.6 Å². The zero-order chi connectivity index (χ0) is 21.3. The largest absolute Gasteiger partial charge is 0.460 e. The molecule has 0 radical (unpaired) electrons. The molecule has 1 atom stereocenters. The first-order valence-corrected chi connectivity index (χ1v) is 10.8. The van der Waals surface area contributed by atoms with Crippen molar-refractivity contribution < 1.29 is 14.3 Å². The van der Waals surface area contributed by atoms with Crippen molar-refractivity contribution in [1.29, 1.82) is 0 Å². The molecule has 1 unspecified atom stereocenters. The number of imidazole rings is 1. The highest BCUT2D eigenvalue weighted by Crippen LogP contribution is 2.43. The number of esters is 1. The fraction of sp³-hybridized carbons (Fsp3) is 0.375. The highest BCUT2D eigenvalue weighted by molar-refractivity contribution is 5.80. The van der Waals surface area contributed by atoms with Crippen LogP contribution in [0.2, 0.25) is 0 Å². The summed E-state index contributed by atoms with van der Waals surface area (Å²) < 4.78 is 7.83. The number of benzene rings is 2. The van der Waals surface area contributed by atoms with Gasteiger partial charge in [-0.15, -0.1) is 0 Å². The lowest BCUT2D eigenvalue weighted by molar-refractivity contribution is -0.150. The Morgan fingerprint density at radius 1 is 1.10 bits per heavy atom. The monoisotopic (exact) mass is 418 g/mol. The number of hydrogen-bond acceptors (Lipinski definition) is 4. The molecule has 3 heterocycles. The average Bonchev–Trinajstić information content (AvgIpc) is 3.34. The van der Waals surface area contributed by atoms with E-state index in [1.165, 1.54) is 0 Å². The van der Waals surface area contributed by atoms with Crippen LogP contribution in [0.15, 0.2) is 60.9 Å². The first kappa shape index (κ1) is 19.6. The number of cyclic esters (lactones) is 1. The summed E-state index contributed by atoms with van der Waals surface area (Å²) in [5.41, 5.74) is 2.58. The van der Waals surface area contributed by atoms with E-state index < -0.39 is 5.41 Å². The smallest absolute Gasteiger partial charge is 0.317 e. The van der Waals surface area contributed by atoms with Crippen LogP contribution in [0.3, 0.4) is 0 Å². The van der Waals surface area contributed by atoms with Gasteiger partial charge in [-0.1, -0.05) is 42.5 Å². The predicted octanol–water partition coefficient (Wildman–Crippen LogP) is 3.34. The summed E-state index contributed by atoms with van der Waals surface area (Å²) in [5, 5.41) is 2.97. The van der Waals surface area contributed by atoms with Gasteiger partial charge in [0.2, 0.25) is 0 Å². The maximum atomic E-state index is 12.8. The molecule has 7 nitrogen and oxygen atoms in total. The van der Waals surface area contributed by atoms with Crippen LogP contribution < -0.4 is 5.32 Å².